The molecule has 2 aromatic carbocycles. The Morgan fingerprint density at radius 3 is 1.19 bits per heavy atom. The van der Waals surface area contributed by atoms with Crippen molar-refractivity contribution < 1.29 is 26.3 Å². The number of hydrogen-bond donors (Lipinski definition) is 0. The molecule has 0 nitrogen and oxygen atoms in total. The van der Waals surface area contributed by atoms with Gasteiger partial charge >= 0.3 is 17.8 Å². The molecule has 0 aliphatic heterocycles. The van der Waals surface area contributed by atoms with E-state index in [-0.39, 0.29) is 20.9 Å². The van der Waals surface area contributed by atoms with Gasteiger partial charge in [-0.25, -0.2) is 0 Å². The Hall–Kier alpha value is -4.56. The van der Waals surface area contributed by atoms with Crippen molar-refractivity contribution in [1.82, 2.24) is 0 Å². The fraction of sp³-hybridized carbons (Fsp3) is 0.0667. The van der Waals surface area contributed by atoms with Gasteiger partial charge in [0.1, 0.15) is 0 Å². The Morgan fingerprint density at radius 2 is 0.807 bits per heavy atom. The summed E-state index contributed by atoms with van der Waals surface area (Å²) in [6, 6.07) is 36.4. The molecule has 0 N–H and O–H groups in total. The van der Waals surface area contributed by atoms with Crippen molar-refractivity contribution in [2.75, 3.05) is 0 Å². The van der Waals surface area contributed by atoms with Crippen molar-refractivity contribution in [2.45, 2.75) is 17.8 Å². The fourth-order valence-corrected chi connectivity index (χ4v) is 12.7. The van der Waals surface area contributed by atoms with E-state index < -0.39 is 28.9 Å². The summed E-state index contributed by atoms with van der Waals surface area (Å²) in [7, 11) is 0. The van der Waals surface area contributed by atoms with Crippen molar-refractivity contribution in [1.29, 1.82) is 0 Å². The monoisotopic (exact) mass is 872 g/mol. The topological polar surface area (TPSA) is 0 Å². The third kappa shape index (κ3) is 6.85. The standard InChI is InChI=1S/C45H26F6S6/c46-43(47)39(31-25-37(56-41(31)35-13-7-23-52-35)33-21-19-29(54-33)17-15-27-9-3-1-4-10-27)40(44(48,49)45(43,50)51)32-26-38(57-42(32)36-14-8-24-53-36)34-22-20-30(55-34)18-16-28-11-5-2-6-12-28/h1-26H/b17-15+,18-16+. The highest BCUT2D eigenvalue weighted by Gasteiger charge is 2.80. The highest BCUT2D eigenvalue weighted by Crippen LogP contribution is 2.67. The summed E-state index contributed by atoms with van der Waals surface area (Å²) >= 11 is 7.52. The molecule has 0 unspecified atom stereocenters. The lowest BCUT2D eigenvalue weighted by Crippen LogP contribution is -2.48. The van der Waals surface area contributed by atoms with Crippen LogP contribution >= 0.6 is 68.0 Å². The van der Waals surface area contributed by atoms with Crippen LogP contribution in [0.15, 0.2) is 132 Å². The molecule has 284 valence electrons. The molecule has 0 saturated heterocycles. The Labute approximate surface area is 348 Å². The van der Waals surface area contributed by atoms with E-state index in [1.807, 2.05) is 109 Å². The fourth-order valence-electron chi connectivity index (χ4n) is 6.65. The largest absolute Gasteiger partial charge is 0.380 e. The molecule has 1 aliphatic carbocycles. The van der Waals surface area contributed by atoms with E-state index in [9.17, 15) is 0 Å². The molecular formula is C45H26F6S6. The molecule has 12 heteroatoms. The third-order valence-corrected chi connectivity index (χ3v) is 16.2. The lowest BCUT2D eigenvalue weighted by Gasteiger charge is -2.25. The molecule has 0 bridgehead atoms. The number of benzene rings is 2. The number of halogens is 6. The highest BCUT2D eigenvalue weighted by atomic mass is 32.1. The Morgan fingerprint density at radius 1 is 0.386 bits per heavy atom. The van der Waals surface area contributed by atoms with Crippen molar-refractivity contribution >= 4 is 103 Å². The Kier molecular flexibility index (Phi) is 9.99. The van der Waals surface area contributed by atoms with E-state index >= 15 is 26.3 Å². The molecule has 0 saturated carbocycles. The number of allylic oxidation sites excluding steroid dienone is 2. The van der Waals surface area contributed by atoms with Crippen LogP contribution in [0.1, 0.15) is 32.0 Å². The van der Waals surface area contributed by atoms with Crippen LogP contribution in [0.2, 0.25) is 0 Å². The van der Waals surface area contributed by atoms with Crippen LogP contribution in [0.25, 0.3) is 74.5 Å². The van der Waals surface area contributed by atoms with Gasteiger partial charge in [0, 0.05) is 61.3 Å². The zero-order valence-corrected chi connectivity index (χ0v) is 34.1. The van der Waals surface area contributed by atoms with Gasteiger partial charge in [0.25, 0.3) is 0 Å². The predicted octanol–water partition coefficient (Wildman–Crippen LogP) is 16.9. The molecule has 0 amide bonds. The van der Waals surface area contributed by atoms with Gasteiger partial charge in [0.2, 0.25) is 0 Å². The predicted molar refractivity (Wildman–Crippen MR) is 234 cm³/mol. The minimum atomic E-state index is -5.70. The molecule has 0 spiro atoms. The normalized spacial score (nSPS) is 16.1. The summed E-state index contributed by atoms with van der Waals surface area (Å²) in [5.74, 6) is -16.1. The molecule has 0 fully saturated rings. The quantitative estimate of drug-likeness (QED) is 0.120. The molecular weight excluding hydrogens is 847 g/mol. The van der Waals surface area contributed by atoms with Crippen molar-refractivity contribution in [3.05, 3.63) is 164 Å². The van der Waals surface area contributed by atoms with Gasteiger partial charge in [-0.05, 0) is 82.6 Å². The second kappa shape index (κ2) is 15.0. The summed E-state index contributed by atoms with van der Waals surface area (Å²) in [5.41, 5.74) is -1.34. The van der Waals surface area contributed by atoms with Gasteiger partial charge in [-0.2, -0.15) is 26.3 Å². The summed E-state index contributed by atoms with van der Waals surface area (Å²) in [6.45, 7) is 0. The van der Waals surface area contributed by atoms with Gasteiger partial charge in [0.05, 0.1) is 9.75 Å². The zero-order valence-electron chi connectivity index (χ0n) is 29.2. The maximum atomic E-state index is 16.5. The molecule has 0 atom stereocenters. The average molecular weight is 873 g/mol. The van der Waals surface area contributed by atoms with Crippen LogP contribution in [0.5, 0.6) is 0 Å². The van der Waals surface area contributed by atoms with Gasteiger partial charge in [-0.15, -0.1) is 68.0 Å². The van der Waals surface area contributed by atoms with E-state index in [1.165, 1.54) is 57.5 Å². The number of hydrogen-bond acceptors (Lipinski definition) is 6. The van der Waals surface area contributed by atoms with Crippen LogP contribution in [0.3, 0.4) is 0 Å². The maximum absolute atomic E-state index is 16.5. The van der Waals surface area contributed by atoms with Crippen LogP contribution in [0, 0.1) is 0 Å². The van der Waals surface area contributed by atoms with Crippen LogP contribution in [-0.4, -0.2) is 17.8 Å². The van der Waals surface area contributed by atoms with Crippen LogP contribution in [-0.2, 0) is 0 Å². The van der Waals surface area contributed by atoms with Crippen LogP contribution < -0.4 is 0 Å². The van der Waals surface area contributed by atoms with E-state index in [4.69, 9.17) is 0 Å². The average Bonchev–Trinajstić information content (AvgIpc) is 4.06. The van der Waals surface area contributed by atoms with E-state index in [0.29, 0.717) is 29.3 Å². The molecule has 6 aromatic heterocycles. The molecule has 0 radical (unpaired) electrons. The molecule has 8 aromatic rings. The zero-order chi connectivity index (χ0) is 39.4. The van der Waals surface area contributed by atoms with Crippen molar-refractivity contribution in [2.24, 2.45) is 0 Å². The summed E-state index contributed by atoms with van der Waals surface area (Å²) in [5, 5.41) is 3.48. The second-order valence-electron chi connectivity index (χ2n) is 13.0. The maximum Gasteiger partial charge on any atom is 0.380 e. The summed E-state index contributed by atoms with van der Waals surface area (Å²) in [4.78, 5) is 5.68. The first-order valence-electron chi connectivity index (χ1n) is 17.4. The highest BCUT2D eigenvalue weighted by molar-refractivity contribution is 7.27. The van der Waals surface area contributed by atoms with Gasteiger partial charge < -0.3 is 0 Å². The first kappa shape index (κ1) is 38.0. The second-order valence-corrected chi connectivity index (χ2v) is 19.3. The van der Waals surface area contributed by atoms with Crippen molar-refractivity contribution in [3.63, 3.8) is 0 Å². The molecule has 57 heavy (non-hydrogen) atoms. The van der Waals surface area contributed by atoms with E-state index in [2.05, 4.69) is 0 Å². The lowest BCUT2D eigenvalue weighted by molar-refractivity contribution is -0.254. The Bertz CT molecular complexity index is 2570. The number of rotatable bonds is 10. The minimum absolute atomic E-state index is 0.233. The number of thiophene rings is 6. The van der Waals surface area contributed by atoms with E-state index in [0.717, 1.165) is 43.6 Å². The summed E-state index contributed by atoms with van der Waals surface area (Å²) in [6.07, 6.45) is 7.76. The van der Waals surface area contributed by atoms with Gasteiger partial charge in [0.15, 0.2) is 0 Å². The van der Waals surface area contributed by atoms with Gasteiger partial charge in [-0.1, -0.05) is 84.9 Å². The SMILES string of the molecule is FC1(F)C(c2cc(-c3ccc(/C=C/c4ccccc4)s3)sc2-c2cccs2)=C(c2cc(-c3ccc(/C=C/c4ccccc4)s3)sc2-c2cccs2)C(F)(F)C1(F)F. The number of alkyl halides is 6. The smallest absolute Gasteiger partial charge is 0.194 e. The lowest BCUT2D eigenvalue weighted by atomic mass is 9.94. The van der Waals surface area contributed by atoms with Crippen molar-refractivity contribution in [3.8, 4) is 39.0 Å². The summed E-state index contributed by atoms with van der Waals surface area (Å²) < 4.78 is 98.0. The van der Waals surface area contributed by atoms with Gasteiger partial charge in [-0.3, -0.25) is 0 Å². The van der Waals surface area contributed by atoms with Crippen LogP contribution in [0.4, 0.5) is 26.3 Å². The first-order valence-corrected chi connectivity index (χ1v) is 22.5. The molecule has 1 aliphatic rings. The third-order valence-electron chi connectivity index (χ3n) is 9.38. The molecule has 6 heterocycles. The Balaban J connectivity index is 1.21. The van der Waals surface area contributed by atoms with E-state index in [1.54, 1.807) is 35.0 Å². The minimum Gasteiger partial charge on any atom is -0.194 e. The molecule has 9 rings (SSSR count). The first-order chi connectivity index (χ1) is 27.5.